The molecule has 0 spiro atoms. The van der Waals surface area contributed by atoms with E-state index in [1.165, 1.54) is 0 Å². The molecule has 0 amide bonds. The number of nitrogens with zero attached hydrogens (tertiary/aromatic N) is 3. The third kappa shape index (κ3) is 1.06. The maximum Gasteiger partial charge on any atom is 0.145 e. The Kier molecular flexibility index (Phi) is 1.69. The maximum atomic E-state index is 5.85. The van der Waals surface area contributed by atoms with Crippen molar-refractivity contribution in [2.24, 2.45) is 7.05 Å². The standard InChI is InChI=1S/C9H12N4/c1-3-7-8-6(10)4-13(2)9(8)12-5-11-7/h4-5H,3,10H2,1-2H3. The number of hydrogen-bond donors (Lipinski definition) is 1. The Morgan fingerprint density at radius 2 is 2.23 bits per heavy atom. The molecule has 0 aliphatic carbocycles. The highest BCUT2D eigenvalue weighted by atomic mass is 15.0. The van der Waals surface area contributed by atoms with Crippen molar-refractivity contribution < 1.29 is 0 Å². The molecule has 0 saturated carbocycles. The van der Waals surface area contributed by atoms with Gasteiger partial charge >= 0.3 is 0 Å². The van der Waals surface area contributed by atoms with Gasteiger partial charge < -0.3 is 10.3 Å². The van der Waals surface area contributed by atoms with Gasteiger partial charge in [-0.15, -0.1) is 0 Å². The van der Waals surface area contributed by atoms with E-state index in [0.29, 0.717) is 0 Å². The lowest BCUT2D eigenvalue weighted by molar-refractivity contribution is 0.936. The van der Waals surface area contributed by atoms with E-state index in [0.717, 1.165) is 28.8 Å². The van der Waals surface area contributed by atoms with Crippen molar-refractivity contribution in [3.05, 3.63) is 18.2 Å². The first-order valence-corrected chi connectivity index (χ1v) is 4.28. The summed E-state index contributed by atoms with van der Waals surface area (Å²) >= 11 is 0. The molecule has 0 unspecified atom stereocenters. The summed E-state index contributed by atoms with van der Waals surface area (Å²) in [4.78, 5) is 8.38. The second-order valence-corrected chi connectivity index (χ2v) is 3.07. The van der Waals surface area contributed by atoms with Crippen LogP contribution in [-0.4, -0.2) is 14.5 Å². The largest absolute Gasteiger partial charge is 0.397 e. The van der Waals surface area contributed by atoms with Gasteiger partial charge in [0.1, 0.15) is 12.0 Å². The first-order valence-electron chi connectivity index (χ1n) is 4.28. The molecule has 2 N–H and O–H groups in total. The predicted molar refractivity (Wildman–Crippen MR) is 52.3 cm³/mol. The van der Waals surface area contributed by atoms with Gasteiger partial charge in [0.05, 0.1) is 16.8 Å². The quantitative estimate of drug-likeness (QED) is 0.708. The molecule has 0 atom stereocenters. The van der Waals surface area contributed by atoms with Gasteiger partial charge in [-0.05, 0) is 6.42 Å². The van der Waals surface area contributed by atoms with Gasteiger partial charge in [0.25, 0.3) is 0 Å². The molecule has 0 saturated heterocycles. The highest BCUT2D eigenvalue weighted by Crippen LogP contribution is 2.23. The molecule has 0 aliphatic heterocycles. The SMILES string of the molecule is CCc1ncnc2c1c(N)cn2C. The van der Waals surface area contributed by atoms with Crippen LogP contribution in [0, 0.1) is 0 Å². The molecular formula is C9H12N4. The van der Waals surface area contributed by atoms with Crippen LogP contribution < -0.4 is 5.73 Å². The molecule has 0 radical (unpaired) electrons. The third-order valence-electron chi connectivity index (χ3n) is 2.20. The molecule has 0 aromatic carbocycles. The molecule has 0 bridgehead atoms. The Balaban J connectivity index is 2.88. The molecule has 2 aromatic rings. The fourth-order valence-corrected chi connectivity index (χ4v) is 1.58. The van der Waals surface area contributed by atoms with Gasteiger partial charge in [-0.3, -0.25) is 0 Å². The summed E-state index contributed by atoms with van der Waals surface area (Å²) in [6.07, 6.45) is 4.34. The number of rotatable bonds is 1. The second-order valence-electron chi connectivity index (χ2n) is 3.07. The molecule has 0 aliphatic rings. The molecule has 4 heteroatoms. The lowest BCUT2D eigenvalue weighted by Crippen LogP contribution is -1.93. The molecule has 13 heavy (non-hydrogen) atoms. The van der Waals surface area contributed by atoms with E-state index in [1.807, 2.05) is 17.8 Å². The van der Waals surface area contributed by atoms with E-state index >= 15 is 0 Å². The molecule has 4 nitrogen and oxygen atoms in total. The lowest BCUT2D eigenvalue weighted by atomic mass is 10.2. The summed E-state index contributed by atoms with van der Waals surface area (Å²) in [5, 5.41) is 0.993. The summed E-state index contributed by atoms with van der Waals surface area (Å²) in [6.45, 7) is 2.06. The number of aryl methyl sites for hydroxylation is 2. The van der Waals surface area contributed by atoms with Crippen LogP contribution in [0.4, 0.5) is 5.69 Å². The Morgan fingerprint density at radius 3 is 2.92 bits per heavy atom. The van der Waals surface area contributed by atoms with Crippen molar-refractivity contribution in [1.82, 2.24) is 14.5 Å². The molecule has 2 aromatic heterocycles. The summed E-state index contributed by atoms with van der Waals surface area (Å²) in [6, 6.07) is 0. The normalized spacial score (nSPS) is 10.9. The summed E-state index contributed by atoms with van der Waals surface area (Å²) in [5.74, 6) is 0. The topological polar surface area (TPSA) is 56.7 Å². The third-order valence-corrected chi connectivity index (χ3v) is 2.20. The predicted octanol–water partition coefficient (Wildman–Crippen LogP) is 1.11. The first-order chi connectivity index (χ1) is 6.24. The zero-order valence-corrected chi connectivity index (χ0v) is 7.78. The Morgan fingerprint density at radius 1 is 1.46 bits per heavy atom. The maximum absolute atomic E-state index is 5.85. The number of nitrogen functional groups attached to an aromatic ring is 1. The Bertz CT molecular complexity index is 444. The van der Waals surface area contributed by atoms with E-state index in [-0.39, 0.29) is 0 Å². The van der Waals surface area contributed by atoms with Gasteiger partial charge in [-0.25, -0.2) is 9.97 Å². The summed E-state index contributed by atoms with van der Waals surface area (Å²) in [7, 11) is 1.94. The number of aromatic nitrogens is 3. The number of fused-ring (bicyclic) bond motifs is 1. The minimum Gasteiger partial charge on any atom is -0.397 e. The van der Waals surface area contributed by atoms with Gasteiger partial charge in [0.15, 0.2) is 0 Å². The van der Waals surface area contributed by atoms with E-state index in [2.05, 4.69) is 16.9 Å². The lowest BCUT2D eigenvalue weighted by Gasteiger charge is -1.98. The number of nitrogens with two attached hydrogens (primary N) is 1. The van der Waals surface area contributed by atoms with Crippen LogP contribution in [0.1, 0.15) is 12.6 Å². The first kappa shape index (κ1) is 8.04. The van der Waals surface area contributed by atoms with Crippen LogP contribution in [0.5, 0.6) is 0 Å². The van der Waals surface area contributed by atoms with Gasteiger partial charge in [0, 0.05) is 13.2 Å². The minimum atomic E-state index is 0.759. The van der Waals surface area contributed by atoms with Crippen molar-refractivity contribution in [2.75, 3.05) is 5.73 Å². The van der Waals surface area contributed by atoms with Crippen molar-refractivity contribution in [3.63, 3.8) is 0 Å². The van der Waals surface area contributed by atoms with Crippen LogP contribution in [0.3, 0.4) is 0 Å². The van der Waals surface area contributed by atoms with Gasteiger partial charge in [0.2, 0.25) is 0 Å². The monoisotopic (exact) mass is 176 g/mol. The van der Waals surface area contributed by atoms with Gasteiger partial charge in [-0.2, -0.15) is 0 Å². The zero-order chi connectivity index (χ0) is 9.42. The molecule has 2 rings (SSSR count). The van der Waals surface area contributed by atoms with Crippen LogP contribution in [0.2, 0.25) is 0 Å². The van der Waals surface area contributed by atoms with Crippen molar-refractivity contribution in [3.8, 4) is 0 Å². The second kappa shape index (κ2) is 2.73. The highest BCUT2D eigenvalue weighted by molar-refractivity contribution is 5.91. The smallest absolute Gasteiger partial charge is 0.145 e. The zero-order valence-electron chi connectivity index (χ0n) is 7.78. The molecule has 0 fully saturated rings. The fourth-order valence-electron chi connectivity index (χ4n) is 1.58. The van der Waals surface area contributed by atoms with Crippen LogP contribution in [0.15, 0.2) is 12.5 Å². The average molecular weight is 176 g/mol. The highest BCUT2D eigenvalue weighted by Gasteiger charge is 2.08. The van der Waals surface area contributed by atoms with Gasteiger partial charge in [-0.1, -0.05) is 6.92 Å². The van der Waals surface area contributed by atoms with Crippen LogP contribution in [0.25, 0.3) is 11.0 Å². The Labute approximate surface area is 76.4 Å². The van der Waals surface area contributed by atoms with E-state index in [9.17, 15) is 0 Å². The van der Waals surface area contributed by atoms with Crippen LogP contribution in [-0.2, 0) is 13.5 Å². The summed E-state index contributed by atoms with van der Waals surface area (Å²) < 4.78 is 1.92. The van der Waals surface area contributed by atoms with Crippen molar-refractivity contribution in [2.45, 2.75) is 13.3 Å². The molecule has 2 heterocycles. The molecular weight excluding hydrogens is 164 g/mol. The Hall–Kier alpha value is -1.58. The van der Waals surface area contributed by atoms with Crippen molar-refractivity contribution >= 4 is 16.7 Å². The fraction of sp³-hybridized carbons (Fsp3) is 0.333. The van der Waals surface area contributed by atoms with Crippen molar-refractivity contribution in [1.29, 1.82) is 0 Å². The average Bonchev–Trinajstić information content (AvgIpc) is 2.43. The summed E-state index contributed by atoms with van der Waals surface area (Å²) in [5.41, 5.74) is 8.54. The number of hydrogen-bond acceptors (Lipinski definition) is 3. The molecule has 68 valence electrons. The van der Waals surface area contributed by atoms with E-state index in [4.69, 9.17) is 5.73 Å². The van der Waals surface area contributed by atoms with E-state index in [1.54, 1.807) is 6.33 Å². The number of anilines is 1. The van der Waals surface area contributed by atoms with Crippen LogP contribution >= 0.6 is 0 Å². The van der Waals surface area contributed by atoms with E-state index < -0.39 is 0 Å². The minimum absolute atomic E-state index is 0.759.